The first-order valence-corrected chi connectivity index (χ1v) is 7.33. The molecule has 5 nitrogen and oxygen atoms in total. The number of hydrogen-bond donors (Lipinski definition) is 3. The highest BCUT2D eigenvalue weighted by atomic mass is 16.3. The summed E-state index contributed by atoms with van der Waals surface area (Å²) in [6, 6.07) is 11.8. The monoisotopic (exact) mass is 313 g/mol. The van der Waals surface area contributed by atoms with Gasteiger partial charge < -0.3 is 15.5 Å². The van der Waals surface area contributed by atoms with Gasteiger partial charge in [-0.15, -0.1) is 0 Å². The van der Waals surface area contributed by atoms with Gasteiger partial charge in [0.2, 0.25) is 5.91 Å². The summed E-state index contributed by atoms with van der Waals surface area (Å²) < 4.78 is 0. The predicted octanol–water partition coefficient (Wildman–Crippen LogP) is 2.80. The molecular formula is C18H19NO4. The number of Topliss-reactive ketones (excluding diaryl/α,β-unsaturated/α-hetero) is 1. The van der Waals surface area contributed by atoms with E-state index in [2.05, 4.69) is 5.32 Å². The van der Waals surface area contributed by atoms with E-state index in [9.17, 15) is 19.8 Å². The van der Waals surface area contributed by atoms with Crippen LogP contribution in [0.4, 0.5) is 5.69 Å². The quantitative estimate of drug-likeness (QED) is 0.565. The molecule has 0 atom stereocenters. The zero-order chi connectivity index (χ0) is 16.8. The normalized spacial score (nSPS) is 10.3. The van der Waals surface area contributed by atoms with E-state index in [1.54, 1.807) is 18.2 Å². The van der Waals surface area contributed by atoms with Gasteiger partial charge in [0.15, 0.2) is 0 Å². The second-order valence-electron chi connectivity index (χ2n) is 5.44. The van der Waals surface area contributed by atoms with E-state index < -0.39 is 0 Å². The van der Waals surface area contributed by atoms with Crippen LogP contribution in [0.1, 0.15) is 24.5 Å². The molecular weight excluding hydrogens is 294 g/mol. The van der Waals surface area contributed by atoms with Gasteiger partial charge in [-0.05, 0) is 61.2 Å². The third kappa shape index (κ3) is 5.14. The number of anilines is 1. The van der Waals surface area contributed by atoms with Crippen molar-refractivity contribution in [2.45, 2.75) is 26.2 Å². The van der Waals surface area contributed by atoms with Crippen molar-refractivity contribution >= 4 is 17.4 Å². The third-order valence-electron chi connectivity index (χ3n) is 3.39. The van der Waals surface area contributed by atoms with Crippen molar-refractivity contribution in [2.24, 2.45) is 0 Å². The lowest BCUT2D eigenvalue weighted by atomic mass is 10.0. The van der Waals surface area contributed by atoms with E-state index in [-0.39, 0.29) is 29.6 Å². The third-order valence-corrected chi connectivity index (χ3v) is 3.39. The topological polar surface area (TPSA) is 86.6 Å². The van der Waals surface area contributed by atoms with E-state index >= 15 is 0 Å². The lowest BCUT2D eigenvalue weighted by Gasteiger charge is -2.07. The standard InChI is InChI=1S/C18H19NO4/c1-12(20)10-18(23)19-15-6-3-13(4-7-15)2-5-14-11-16(21)8-9-17(14)22/h3-4,6-9,11,21-22H,2,5,10H2,1H3,(H,19,23). The van der Waals surface area contributed by atoms with Crippen LogP contribution in [0.3, 0.4) is 0 Å². The summed E-state index contributed by atoms with van der Waals surface area (Å²) in [7, 11) is 0. The lowest BCUT2D eigenvalue weighted by Crippen LogP contribution is -2.14. The van der Waals surface area contributed by atoms with Crippen LogP contribution in [-0.4, -0.2) is 21.9 Å². The largest absolute Gasteiger partial charge is 0.508 e. The number of phenols is 2. The minimum Gasteiger partial charge on any atom is -0.508 e. The number of nitrogens with one attached hydrogen (secondary N) is 1. The molecule has 1 amide bonds. The Balaban J connectivity index is 1.93. The molecule has 0 aromatic heterocycles. The zero-order valence-electron chi connectivity index (χ0n) is 12.9. The fraction of sp³-hybridized carbons (Fsp3) is 0.222. The maximum absolute atomic E-state index is 11.5. The SMILES string of the molecule is CC(=O)CC(=O)Nc1ccc(CCc2cc(O)ccc2O)cc1. The van der Waals surface area contributed by atoms with Gasteiger partial charge in [-0.3, -0.25) is 9.59 Å². The molecule has 0 aliphatic heterocycles. The molecule has 2 aromatic carbocycles. The number of carbonyl (C=O) groups is 2. The minimum atomic E-state index is -0.324. The first-order chi connectivity index (χ1) is 10.9. The predicted molar refractivity (Wildman–Crippen MR) is 87.5 cm³/mol. The number of carbonyl (C=O) groups excluding carboxylic acids is 2. The maximum Gasteiger partial charge on any atom is 0.231 e. The Labute approximate surface area is 134 Å². The Morgan fingerprint density at radius 1 is 1.00 bits per heavy atom. The highest BCUT2D eigenvalue weighted by Crippen LogP contribution is 2.23. The van der Waals surface area contributed by atoms with Crippen LogP contribution in [0.15, 0.2) is 42.5 Å². The summed E-state index contributed by atoms with van der Waals surface area (Å²) >= 11 is 0. The summed E-state index contributed by atoms with van der Waals surface area (Å²) in [5.41, 5.74) is 2.36. The molecule has 120 valence electrons. The molecule has 23 heavy (non-hydrogen) atoms. The fourth-order valence-corrected chi connectivity index (χ4v) is 2.24. The molecule has 0 spiro atoms. The second kappa shape index (κ2) is 7.45. The Kier molecular flexibility index (Phi) is 5.36. The summed E-state index contributed by atoms with van der Waals surface area (Å²) in [5, 5.41) is 21.8. The van der Waals surface area contributed by atoms with Gasteiger partial charge in [0.05, 0.1) is 6.42 Å². The van der Waals surface area contributed by atoms with Gasteiger partial charge in [0, 0.05) is 5.69 Å². The van der Waals surface area contributed by atoms with E-state index in [1.165, 1.54) is 19.1 Å². The van der Waals surface area contributed by atoms with Crippen molar-refractivity contribution < 1.29 is 19.8 Å². The number of benzene rings is 2. The average Bonchev–Trinajstić information content (AvgIpc) is 2.49. The van der Waals surface area contributed by atoms with Crippen molar-refractivity contribution in [1.82, 2.24) is 0 Å². The van der Waals surface area contributed by atoms with Gasteiger partial charge >= 0.3 is 0 Å². The highest BCUT2D eigenvalue weighted by molar-refractivity contribution is 6.03. The second-order valence-corrected chi connectivity index (χ2v) is 5.44. The van der Waals surface area contributed by atoms with Gasteiger partial charge in [0.1, 0.15) is 17.3 Å². The van der Waals surface area contributed by atoms with Crippen LogP contribution < -0.4 is 5.32 Å². The van der Waals surface area contributed by atoms with E-state index in [4.69, 9.17) is 0 Å². The van der Waals surface area contributed by atoms with E-state index in [0.717, 1.165) is 5.56 Å². The van der Waals surface area contributed by atoms with E-state index in [1.807, 2.05) is 12.1 Å². The first kappa shape index (κ1) is 16.5. The fourth-order valence-electron chi connectivity index (χ4n) is 2.24. The van der Waals surface area contributed by atoms with Crippen LogP contribution in [-0.2, 0) is 22.4 Å². The Hall–Kier alpha value is -2.82. The summed E-state index contributed by atoms with van der Waals surface area (Å²) in [5.74, 6) is -0.211. The Morgan fingerprint density at radius 3 is 2.35 bits per heavy atom. The summed E-state index contributed by atoms with van der Waals surface area (Å²) in [4.78, 5) is 22.4. The molecule has 0 unspecified atom stereocenters. The molecule has 3 N–H and O–H groups in total. The molecule has 0 aliphatic carbocycles. The van der Waals surface area contributed by atoms with Gasteiger partial charge in [0.25, 0.3) is 0 Å². The van der Waals surface area contributed by atoms with E-state index in [0.29, 0.717) is 24.1 Å². The van der Waals surface area contributed by atoms with Gasteiger partial charge in [-0.25, -0.2) is 0 Å². The molecule has 0 fully saturated rings. The Bertz CT molecular complexity index is 707. The van der Waals surface area contributed by atoms with Crippen molar-refractivity contribution in [3.63, 3.8) is 0 Å². The average molecular weight is 313 g/mol. The van der Waals surface area contributed by atoms with Crippen molar-refractivity contribution in [1.29, 1.82) is 0 Å². The van der Waals surface area contributed by atoms with Crippen molar-refractivity contribution in [3.8, 4) is 11.5 Å². The van der Waals surface area contributed by atoms with Crippen LogP contribution >= 0.6 is 0 Å². The summed E-state index contributed by atoms with van der Waals surface area (Å²) in [6.45, 7) is 1.37. The van der Waals surface area contributed by atoms with Crippen molar-refractivity contribution in [3.05, 3.63) is 53.6 Å². The zero-order valence-corrected chi connectivity index (χ0v) is 12.9. The number of rotatable bonds is 6. The highest BCUT2D eigenvalue weighted by Gasteiger charge is 2.06. The van der Waals surface area contributed by atoms with Crippen molar-refractivity contribution in [2.75, 3.05) is 5.32 Å². The maximum atomic E-state index is 11.5. The number of phenolic OH excluding ortho intramolecular Hbond substituents is 2. The number of aromatic hydroxyl groups is 2. The number of ketones is 1. The first-order valence-electron chi connectivity index (χ1n) is 7.33. The van der Waals surface area contributed by atoms with Crippen LogP contribution in [0.2, 0.25) is 0 Å². The molecule has 0 saturated carbocycles. The van der Waals surface area contributed by atoms with Gasteiger partial charge in [-0.2, -0.15) is 0 Å². The lowest BCUT2D eigenvalue weighted by molar-refractivity contribution is -0.124. The molecule has 2 rings (SSSR count). The molecule has 0 aliphatic rings. The number of amides is 1. The number of hydrogen-bond acceptors (Lipinski definition) is 4. The molecule has 0 saturated heterocycles. The number of aryl methyl sites for hydroxylation is 2. The van der Waals surface area contributed by atoms with Gasteiger partial charge in [-0.1, -0.05) is 12.1 Å². The van der Waals surface area contributed by atoms with Crippen LogP contribution in [0.25, 0.3) is 0 Å². The smallest absolute Gasteiger partial charge is 0.231 e. The molecule has 0 radical (unpaired) electrons. The van der Waals surface area contributed by atoms with Crippen LogP contribution in [0, 0.1) is 0 Å². The summed E-state index contributed by atoms with van der Waals surface area (Å²) in [6.07, 6.45) is 1.16. The van der Waals surface area contributed by atoms with Crippen LogP contribution in [0.5, 0.6) is 11.5 Å². The Morgan fingerprint density at radius 2 is 1.70 bits per heavy atom. The molecule has 0 bridgehead atoms. The molecule has 5 heteroatoms. The molecule has 0 heterocycles. The molecule has 2 aromatic rings. The minimum absolute atomic E-state index is 0.126.